The Labute approximate surface area is 168 Å². The monoisotopic (exact) mass is 382 g/mol. The molecule has 1 aromatic rings. The third kappa shape index (κ3) is 2.82. The summed E-state index contributed by atoms with van der Waals surface area (Å²) in [5, 5.41) is 0. The minimum Gasteiger partial charge on any atom is -0.372 e. The summed E-state index contributed by atoms with van der Waals surface area (Å²) < 4.78 is 8.29. The molecule has 6 atom stereocenters. The van der Waals surface area contributed by atoms with E-state index in [1.54, 1.807) is 5.57 Å². The molecule has 3 fully saturated rings. The molecule has 28 heavy (non-hydrogen) atoms. The molecule has 0 radical (unpaired) electrons. The third-order valence-electron chi connectivity index (χ3n) is 9.02. The van der Waals surface area contributed by atoms with Gasteiger partial charge in [0.05, 0.1) is 19.0 Å². The van der Waals surface area contributed by atoms with Crippen LogP contribution in [0.4, 0.5) is 0 Å². The standard InChI is InChI=1S/C24H34N2O2/c1-23-9-7-18(28-14-13-26-12-11-25-16-26)15-17(23)3-4-19-20-5-6-22(27)24(20,2)10-8-21(19)23/h11-12,15-16,18-21H,3-10,13-14H2,1-2H3/t18-,19?,20?,21?,23-,24-/m0/s1. The van der Waals surface area contributed by atoms with Gasteiger partial charge in [0.15, 0.2) is 0 Å². The Hall–Kier alpha value is -1.42. The molecule has 4 nitrogen and oxygen atoms in total. The first-order valence-electron chi connectivity index (χ1n) is 11.3. The molecule has 0 saturated heterocycles. The molecule has 0 N–H and O–H groups in total. The lowest BCUT2D eigenvalue weighted by atomic mass is 9.47. The van der Waals surface area contributed by atoms with Crippen molar-refractivity contribution in [3.05, 3.63) is 30.4 Å². The van der Waals surface area contributed by atoms with Crippen molar-refractivity contribution in [1.29, 1.82) is 0 Å². The molecule has 4 heteroatoms. The van der Waals surface area contributed by atoms with Crippen LogP contribution in [-0.4, -0.2) is 28.0 Å². The van der Waals surface area contributed by atoms with Crippen LogP contribution in [-0.2, 0) is 16.1 Å². The summed E-state index contributed by atoms with van der Waals surface area (Å²) in [5.41, 5.74) is 1.98. The van der Waals surface area contributed by atoms with Crippen molar-refractivity contribution < 1.29 is 9.53 Å². The second-order valence-corrected chi connectivity index (χ2v) is 10.2. The van der Waals surface area contributed by atoms with Gasteiger partial charge in [0.1, 0.15) is 5.78 Å². The number of aromatic nitrogens is 2. The summed E-state index contributed by atoms with van der Waals surface area (Å²) in [6.07, 6.45) is 17.6. The molecular formula is C24H34N2O2. The molecule has 0 amide bonds. The van der Waals surface area contributed by atoms with Crippen LogP contribution < -0.4 is 0 Å². The van der Waals surface area contributed by atoms with Crippen LogP contribution in [0.1, 0.15) is 65.2 Å². The summed E-state index contributed by atoms with van der Waals surface area (Å²) in [5.74, 6) is 2.72. The number of Topliss-reactive ketones (excluding diaryl/α,β-unsaturated/α-hetero) is 1. The molecule has 0 spiro atoms. The van der Waals surface area contributed by atoms with Gasteiger partial charge in [-0.1, -0.05) is 25.5 Å². The lowest BCUT2D eigenvalue weighted by molar-refractivity contribution is -0.132. The molecule has 0 aromatic carbocycles. The predicted octanol–water partition coefficient (Wildman–Crippen LogP) is 4.80. The molecule has 3 unspecified atom stereocenters. The van der Waals surface area contributed by atoms with Crippen molar-refractivity contribution >= 4 is 5.78 Å². The molecule has 4 aliphatic rings. The number of hydrogen-bond acceptors (Lipinski definition) is 3. The SMILES string of the molecule is C[C@]12CC[C@H](OCCn3ccnc3)C=C1CCC1C2CC[C@]2(C)C(=O)CCC12. The first-order chi connectivity index (χ1) is 13.5. The van der Waals surface area contributed by atoms with E-state index in [1.165, 1.54) is 25.7 Å². The van der Waals surface area contributed by atoms with E-state index >= 15 is 0 Å². The van der Waals surface area contributed by atoms with E-state index in [2.05, 4.69) is 29.5 Å². The zero-order chi connectivity index (χ0) is 19.4. The lowest BCUT2D eigenvalue weighted by Crippen LogP contribution is -2.50. The van der Waals surface area contributed by atoms with Gasteiger partial charge in [-0.05, 0) is 68.1 Å². The van der Waals surface area contributed by atoms with Crippen LogP contribution in [0.15, 0.2) is 30.4 Å². The highest BCUT2D eigenvalue weighted by Gasteiger charge is 2.58. The molecule has 0 bridgehead atoms. The number of fused-ring (bicyclic) bond motifs is 5. The number of rotatable bonds is 4. The van der Waals surface area contributed by atoms with Gasteiger partial charge in [0, 0.05) is 30.8 Å². The first-order valence-corrected chi connectivity index (χ1v) is 11.3. The summed E-state index contributed by atoms with van der Waals surface area (Å²) in [4.78, 5) is 16.7. The average molecular weight is 383 g/mol. The van der Waals surface area contributed by atoms with Gasteiger partial charge in [-0.3, -0.25) is 4.79 Å². The fourth-order valence-electron chi connectivity index (χ4n) is 7.33. The number of hydrogen-bond donors (Lipinski definition) is 0. The number of ketones is 1. The normalized spacial score (nSPS) is 42.5. The number of imidazole rings is 1. The minimum absolute atomic E-state index is 0.00756. The van der Waals surface area contributed by atoms with Gasteiger partial charge < -0.3 is 9.30 Å². The van der Waals surface area contributed by atoms with E-state index in [4.69, 9.17) is 4.74 Å². The number of carbonyl (C=O) groups excluding carboxylic acids is 1. The summed E-state index contributed by atoms with van der Waals surface area (Å²) in [7, 11) is 0. The quantitative estimate of drug-likeness (QED) is 0.703. The average Bonchev–Trinajstić information content (AvgIpc) is 3.30. The van der Waals surface area contributed by atoms with Gasteiger partial charge in [0.2, 0.25) is 0 Å². The summed E-state index contributed by atoms with van der Waals surface area (Å²) in [6.45, 7) is 6.42. The van der Waals surface area contributed by atoms with E-state index in [9.17, 15) is 4.79 Å². The maximum Gasteiger partial charge on any atom is 0.139 e. The van der Waals surface area contributed by atoms with Crippen LogP contribution >= 0.6 is 0 Å². The highest BCUT2D eigenvalue weighted by molar-refractivity contribution is 5.87. The number of carbonyl (C=O) groups is 1. The Morgan fingerprint density at radius 2 is 1.93 bits per heavy atom. The van der Waals surface area contributed by atoms with Crippen molar-refractivity contribution in [3.8, 4) is 0 Å². The van der Waals surface area contributed by atoms with Gasteiger partial charge in [0.25, 0.3) is 0 Å². The van der Waals surface area contributed by atoms with E-state index in [-0.39, 0.29) is 11.5 Å². The molecular weight excluding hydrogens is 348 g/mol. The van der Waals surface area contributed by atoms with Crippen molar-refractivity contribution in [2.45, 2.75) is 77.9 Å². The number of allylic oxidation sites excluding steroid dienone is 1. The third-order valence-corrected chi connectivity index (χ3v) is 9.02. The Balaban J connectivity index is 1.28. The maximum atomic E-state index is 12.6. The van der Waals surface area contributed by atoms with Crippen LogP contribution in [0, 0.1) is 28.6 Å². The summed E-state index contributed by atoms with van der Waals surface area (Å²) >= 11 is 0. The molecule has 1 aromatic heterocycles. The lowest BCUT2D eigenvalue weighted by Gasteiger charge is -2.57. The smallest absolute Gasteiger partial charge is 0.139 e. The largest absolute Gasteiger partial charge is 0.372 e. The van der Waals surface area contributed by atoms with Crippen molar-refractivity contribution in [2.24, 2.45) is 28.6 Å². The van der Waals surface area contributed by atoms with Gasteiger partial charge in [-0.25, -0.2) is 4.98 Å². The van der Waals surface area contributed by atoms with Gasteiger partial charge in [-0.2, -0.15) is 0 Å². The molecule has 0 aliphatic heterocycles. The predicted molar refractivity (Wildman–Crippen MR) is 109 cm³/mol. The second-order valence-electron chi connectivity index (χ2n) is 10.2. The fourth-order valence-corrected chi connectivity index (χ4v) is 7.33. The molecule has 5 rings (SSSR count). The van der Waals surface area contributed by atoms with Crippen LogP contribution in [0.2, 0.25) is 0 Å². The molecule has 3 saturated carbocycles. The van der Waals surface area contributed by atoms with Crippen LogP contribution in [0.25, 0.3) is 0 Å². The number of ether oxygens (including phenoxy) is 1. The van der Waals surface area contributed by atoms with E-state index in [1.807, 2.05) is 18.7 Å². The first kappa shape index (κ1) is 18.6. The van der Waals surface area contributed by atoms with Crippen LogP contribution in [0.5, 0.6) is 0 Å². The van der Waals surface area contributed by atoms with E-state index in [0.717, 1.165) is 50.7 Å². The summed E-state index contributed by atoms with van der Waals surface area (Å²) in [6, 6.07) is 0. The Morgan fingerprint density at radius 3 is 2.75 bits per heavy atom. The highest BCUT2D eigenvalue weighted by atomic mass is 16.5. The van der Waals surface area contributed by atoms with Crippen molar-refractivity contribution in [3.63, 3.8) is 0 Å². The van der Waals surface area contributed by atoms with E-state index < -0.39 is 0 Å². The molecule has 4 aliphatic carbocycles. The molecule has 152 valence electrons. The van der Waals surface area contributed by atoms with Crippen LogP contribution in [0.3, 0.4) is 0 Å². The zero-order valence-electron chi connectivity index (χ0n) is 17.4. The Kier molecular flexibility index (Phi) is 4.53. The number of nitrogens with zero attached hydrogens (tertiary/aromatic N) is 2. The Bertz CT molecular complexity index is 770. The Morgan fingerprint density at radius 1 is 1.11 bits per heavy atom. The van der Waals surface area contributed by atoms with Crippen molar-refractivity contribution in [2.75, 3.05) is 6.61 Å². The topological polar surface area (TPSA) is 44.1 Å². The molecule has 1 heterocycles. The highest BCUT2D eigenvalue weighted by Crippen LogP contribution is 2.64. The van der Waals surface area contributed by atoms with Gasteiger partial charge >= 0.3 is 0 Å². The van der Waals surface area contributed by atoms with E-state index in [0.29, 0.717) is 17.1 Å². The zero-order valence-corrected chi connectivity index (χ0v) is 17.4. The van der Waals surface area contributed by atoms with Crippen molar-refractivity contribution in [1.82, 2.24) is 9.55 Å². The minimum atomic E-state index is -0.00756. The van der Waals surface area contributed by atoms with Gasteiger partial charge in [-0.15, -0.1) is 0 Å². The fraction of sp³-hybridized carbons (Fsp3) is 0.750. The maximum absolute atomic E-state index is 12.6. The second kappa shape index (κ2) is 6.83.